The van der Waals surface area contributed by atoms with Crippen molar-refractivity contribution in [1.82, 2.24) is 15.2 Å². The smallest absolute Gasteiger partial charge is 0.284 e. The van der Waals surface area contributed by atoms with E-state index < -0.39 is 5.91 Å². The molecule has 0 atom stereocenters. The molecule has 0 aromatic carbocycles. The maximum Gasteiger partial charge on any atom is 0.284 e. The van der Waals surface area contributed by atoms with Crippen LogP contribution in [-0.2, 0) is 13.1 Å². The Morgan fingerprint density at radius 1 is 1.33 bits per heavy atom. The Balaban J connectivity index is 1.75. The van der Waals surface area contributed by atoms with Crippen LogP contribution in [0.5, 0.6) is 0 Å². The van der Waals surface area contributed by atoms with Gasteiger partial charge in [0.25, 0.3) is 5.91 Å². The Labute approximate surface area is 122 Å². The molecule has 0 spiro atoms. The number of carbonyl (C=O) groups excluding carboxylic acids is 1. The van der Waals surface area contributed by atoms with Crippen LogP contribution in [0.1, 0.15) is 16.3 Å². The fraction of sp³-hybridized carbons (Fsp3) is 0.286. The highest BCUT2D eigenvalue weighted by atomic mass is 16.3. The van der Waals surface area contributed by atoms with Gasteiger partial charge in [0.1, 0.15) is 5.76 Å². The first-order valence-electron chi connectivity index (χ1n) is 6.63. The topological polar surface area (TPSA) is 97.6 Å². The maximum absolute atomic E-state index is 10.9. The van der Waals surface area contributed by atoms with E-state index in [-0.39, 0.29) is 5.76 Å². The largest absolute Gasteiger partial charge is 0.454 e. The quantitative estimate of drug-likeness (QED) is 0.534. The van der Waals surface area contributed by atoms with Crippen molar-refractivity contribution in [2.75, 3.05) is 13.6 Å². The van der Waals surface area contributed by atoms with Crippen LogP contribution in [0.15, 0.2) is 46.1 Å². The highest BCUT2D eigenvalue weighted by Gasteiger charge is 2.07. The monoisotopic (exact) mass is 289 g/mol. The lowest BCUT2D eigenvalue weighted by Gasteiger charge is -2.11. The van der Waals surface area contributed by atoms with E-state index in [1.807, 2.05) is 24.5 Å². The molecule has 0 saturated carbocycles. The van der Waals surface area contributed by atoms with Gasteiger partial charge >= 0.3 is 0 Å². The van der Waals surface area contributed by atoms with Gasteiger partial charge in [0.15, 0.2) is 11.7 Å². The van der Waals surface area contributed by atoms with Gasteiger partial charge in [-0.15, -0.1) is 0 Å². The van der Waals surface area contributed by atoms with E-state index in [9.17, 15) is 4.79 Å². The van der Waals surface area contributed by atoms with Crippen molar-refractivity contribution >= 4 is 11.9 Å². The van der Waals surface area contributed by atoms with Crippen LogP contribution in [0, 0.1) is 0 Å². The molecule has 112 valence electrons. The summed E-state index contributed by atoms with van der Waals surface area (Å²) >= 11 is 0. The molecule has 4 N–H and O–H groups in total. The van der Waals surface area contributed by atoms with E-state index in [4.69, 9.17) is 10.2 Å². The first kappa shape index (κ1) is 14.7. The Kier molecular flexibility index (Phi) is 5.03. The second kappa shape index (κ2) is 7.18. The summed E-state index contributed by atoms with van der Waals surface area (Å²) in [5.74, 6) is 0.870. The van der Waals surface area contributed by atoms with Crippen LogP contribution in [0.3, 0.4) is 0 Å². The third-order valence-corrected chi connectivity index (χ3v) is 2.89. The van der Waals surface area contributed by atoms with Gasteiger partial charge in [0.05, 0.1) is 6.54 Å². The lowest BCUT2D eigenvalue weighted by atomic mass is 10.4. The molecule has 7 heteroatoms. The van der Waals surface area contributed by atoms with Crippen molar-refractivity contribution in [3.63, 3.8) is 0 Å². The molecular formula is C14H19N5O2. The Morgan fingerprint density at radius 2 is 2.10 bits per heavy atom. The number of furan rings is 1. The second-order valence-electron chi connectivity index (χ2n) is 4.40. The fourth-order valence-corrected chi connectivity index (χ4v) is 1.82. The van der Waals surface area contributed by atoms with E-state index in [1.54, 1.807) is 19.2 Å². The average Bonchev–Trinajstić information content (AvgIpc) is 3.13. The summed E-state index contributed by atoms with van der Waals surface area (Å²) in [4.78, 5) is 15.0. The van der Waals surface area contributed by atoms with E-state index in [1.165, 1.54) is 0 Å². The maximum atomic E-state index is 10.9. The number of nitrogens with one attached hydrogen (secondary N) is 2. The lowest BCUT2D eigenvalue weighted by molar-refractivity contribution is 0.0972. The van der Waals surface area contributed by atoms with Crippen LogP contribution in [-0.4, -0.2) is 30.0 Å². The zero-order valence-corrected chi connectivity index (χ0v) is 11.9. The average molecular weight is 289 g/mol. The standard InChI is InChI=1S/C14H19N5O2/c1-16-14(17-6-9-19-7-2-3-8-19)18-10-11-4-5-12(21-11)13(15)20/h2-5,7-8H,6,9-10H2,1H3,(H2,15,20)(H2,16,17,18). The van der Waals surface area contributed by atoms with E-state index in [0.29, 0.717) is 18.3 Å². The molecule has 0 aliphatic heterocycles. The van der Waals surface area contributed by atoms with Gasteiger partial charge in [-0.1, -0.05) is 0 Å². The first-order chi connectivity index (χ1) is 10.2. The molecule has 1 amide bonds. The number of nitrogens with two attached hydrogens (primary N) is 1. The number of nitrogens with zero attached hydrogens (tertiary/aromatic N) is 2. The van der Waals surface area contributed by atoms with Crippen LogP contribution in [0.4, 0.5) is 0 Å². The van der Waals surface area contributed by atoms with Crippen LogP contribution < -0.4 is 16.4 Å². The number of hydrogen-bond acceptors (Lipinski definition) is 3. The van der Waals surface area contributed by atoms with Crippen molar-refractivity contribution < 1.29 is 9.21 Å². The summed E-state index contributed by atoms with van der Waals surface area (Å²) in [7, 11) is 1.70. The number of rotatable bonds is 6. The van der Waals surface area contributed by atoms with Gasteiger partial charge in [-0.2, -0.15) is 0 Å². The number of hydrogen-bond donors (Lipinski definition) is 3. The second-order valence-corrected chi connectivity index (χ2v) is 4.40. The minimum Gasteiger partial charge on any atom is -0.454 e. The Bertz CT molecular complexity index is 601. The summed E-state index contributed by atoms with van der Waals surface area (Å²) in [6.07, 6.45) is 4.01. The summed E-state index contributed by atoms with van der Waals surface area (Å²) in [6.45, 7) is 2.02. The molecule has 2 heterocycles. The predicted molar refractivity (Wildman–Crippen MR) is 79.9 cm³/mol. The van der Waals surface area contributed by atoms with Crippen molar-refractivity contribution in [3.8, 4) is 0 Å². The molecule has 0 bridgehead atoms. The lowest BCUT2D eigenvalue weighted by Crippen LogP contribution is -2.38. The van der Waals surface area contributed by atoms with Crippen molar-refractivity contribution in [2.24, 2.45) is 10.7 Å². The highest BCUT2D eigenvalue weighted by molar-refractivity contribution is 5.89. The SMILES string of the molecule is CN=C(NCCn1cccc1)NCc1ccc(C(N)=O)o1. The first-order valence-corrected chi connectivity index (χ1v) is 6.63. The molecule has 0 radical (unpaired) electrons. The number of aliphatic imine (C=N–C) groups is 1. The van der Waals surface area contributed by atoms with Crippen LogP contribution >= 0.6 is 0 Å². The molecule has 0 saturated heterocycles. The molecule has 7 nitrogen and oxygen atoms in total. The van der Waals surface area contributed by atoms with Gasteiger partial charge in [-0.3, -0.25) is 9.79 Å². The van der Waals surface area contributed by atoms with Gasteiger partial charge in [-0.05, 0) is 24.3 Å². The van der Waals surface area contributed by atoms with E-state index in [0.717, 1.165) is 13.1 Å². The minimum absolute atomic E-state index is 0.155. The zero-order valence-electron chi connectivity index (χ0n) is 11.9. The number of aromatic nitrogens is 1. The van der Waals surface area contributed by atoms with Crippen LogP contribution in [0.2, 0.25) is 0 Å². The van der Waals surface area contributed by atoms with Gasteiger partial charge in [0.2, 0.25) is 0 Å². The Morgan fingerprint density at radius 3 is 2.71 bits per heavy atom. The molecule has 21 heavy (non-hydrogen) atoms. The van der Waals surface area contributed by atoms with E-state index >= 15 is 0 Å². The predicted octanol–water partition coefficient (Wildman–Crippen LogP) is 0.545. The molecule has 2 aromatic rings. The van der Waals surface area contributed by atoms with Crippen molar-refractivity contribution in [3.05, 3.63) is 48.2 Å². The molecule has 0 unspecified atom stereocenters. The minimum atomic E-state index is -0.574. The number of guanidine groups is 1. The molecule has 0 aliphatic carbocycles. The summed E-state index contributed by atoms with van der Waals surface area (Å²) < 4.78 is 7.35. The highest BCUT2D eigenvalue weighted by Crippen LogP contribution is 2.06. The molecule has 2 aromatic heterocycles. The number of carbonyl (C=O) groups is 1. The van der Waals surface area contributed by atoms with Gasteiger partial charge < -0.3 is 25.4 Å². The molecule has 2 rings (SSSR count). The Hall–Kier alpha value is -2.70. The van der Waals surface area contributed by atoms with Gasteiger partial charge in [0, 0.05) is 32.5 Å². The summed E-state index contributed by atoms with van der Waals surface area (Å²) in [5.41, 5.74) is 5.13. The van der Waals surface area contributed by atoms with Crippen molar-refractivity contribution in [2.45, 2.75) is 13.1 Å². The fourth-order valence-electron chi connectivity index (χ4n) is 1.82. The van der Waals surface area contributed by atoms with Gasteiger partial charge in [-0.25, -0.2) is 0 Å². The molecule has 0 fully saturated rings. The third-order valence-electron chi connectivity index (χ3n) is 2.89. The summed E-state index contributed by atoms with van der Waals surface area (Å²) in [5, 5.41) is 6.29. The third kappa shape index (κ3) is 4.41. The normalized spacial score (nSPS) is 11.4. The summed E-state index contributed by atoms with van der Waals surface area (Å²) in [6, 6.07) is 7.24. The zero-order chi connectivity index (χ0) is 15.1. The number of amides is 1. The van der Waals surface area contributed by atoms with Crippen LogP contribution in [0.25, 0.3) is 0 Å². The molecule has 0 aliphatic rings. The number of primary amides is 1. The van der Waals surface area contributed by atoms with E-state index in [2.05, 4.69) is 20.2 Å². The van der Waals surface area contributed by atoms with Crippen molar-refractivity contribution in [1.29, 1.82) is 0 Å². The molecular weight excluding hydrogens is 270 g/mol.